The van der Waals surface area contributed by atoms with Gasteiger partial charge >= 0.3 is 7.60 Å². The molecule has 3 aromatic rings. The second kappa shape index (κ2) is 9.84. The van der Waals surface area contributed by atoms with Crippen molar-refractivity contribution in [3.05, 3.63) is 53.2 Å². The molecule has 184 valence electrons. The van der Waals surface area contributed by atoms with Crippen molar-refractivity contribution >= 4 is 36.0 Å². The van der Waals surface area contributed by atoms with Crippen molar-refractivity contribution in [1.29, 1.82) is 0 Å². The van der Waals surface area contributed by atoms with Crippen molar-refractivity contribution in [1.82, 2.24) is 14.5 Å². The number of halogens is 2. The van der Waals surface area contributed by atoms with Crippen LogP contribution >= 0.6 is 19.2 Å². The second-order valence-corrected chi connectivity index (χ2v) is 10.0. The SMILES string of the molecule is CC(Nc1nc(Cl)nc2c1ccn2[C@@H]1O[C@H](COOP(C)(=O)O)[C@@H](O)[C@H]1O)c1ccc(F)cc1. The first-order chi connectivity index (χ1) is 16.0. The minimum atomic E-state index is -3.89. The van der Waals surface area contributed by atoms with Crippen LogP contribution in [0.1, 0.15) is 24.8 Å². The highest BCUT2D eigenvalue weighted by Gasteiger charge is 2.44. The normalized spacial score (nSPS) is 25.4. The molecule has 2 aromatic heterocycles. The zero-order valence-electron chi connectivity index (χ0n) is 18.1. The summed E-state index contributed by atoms with van der Waals surface area (Å²) in [5.74, 6) is 0.0710. The van der Waals surface area contributed by atoms with Crippen LogP contribution in [0.2, 0.25) is 5.28 Å². The van der Waals surface area contributed by atoms with Gasteiger partial charge in [0.2, 0.25) is 5.28 Å². The molecule has 14 heteroatoms. The lowest BCUT2D eigenvalue weighted by molar-refractivity contribution is -0.238. The van der Waals surface area contributed by atoms with Gasteiger partial charge in [-0.15, -0.1) is 4.67 Å². The van der Waals surface area contributed by atoms with Crippen LogP contribution in [0.4, 0.5) is 10.2 Å². The predicted octanol–water partition coefficient (Wildman–Crippen LogP) is 2.78. The van der Waals surface area contributed by atoms with Gasteiger partial charge in [0.05, 0.1) is 5.39 Å². The van der Waals surface area contributed by atoms with Crippen molar-refractivity contribution in [3.63, 3.8) is 0 Å². The Labute approximate surface area is 198 Å². The number of aromatic nitrogens is 3. The monoisotopic (exact) mass is 516 g/mol. The molecule has 0 aliphatic carbocycles. The highest BCUT2D eigenvalue weighted by molar-refractivity contribution is 7.51. The van der Waals surface area contributed by atoms with Gasteiger partial charge in [0, 0.05) is 18.9 Å². The highest BCUT2D eigenvalue weighted by atomic mass is 35.5. The van der Waals surface area contributed by atoms with E-state index in [-0.39, 0.29) is 17.1 Å². The maximum absolute atomic E-state index is 13.2. The molecule has 34 heavy (non-hydrogen) atoms. The fourth-order valence-corrected chi connectivity index (χ4v) is 4.07. The summed E-state index contributed by atoms with van der Waals surface area (Å²) in [5, 5.41) is 24.6. The van der Waals surface area contributed by atoms with Crippen LogP contribution in [0, 0.1) is 5.82 Å². The smallest absolute Gasteiger partial charge is 0.352 e. The van der Waals surface area contributed by atoms with Gasteiger partial charge in [-0.05, 0) is 42.3 Å². The maximum atomic E-state index is 13.2. The Balaban J connectivity index is 1.56. The fraction of sp³-hybridized carbons (Fsp3) is 0.400. The first-order valence-corrected chi connectivity index (χ1v) is 12.6. The van der Waals surface area contributed by atoms with E-state index in [2.05, 4.69) is 24.8 Å². The molecule has 1 aliphatic rings. The van der Waals surface area contributed by atoms with Crippen LogP contribution in [0.25, 0.3) is 11.0 Å². The van der Waals surface area contributed by atoms with Crippen molar-refractivity contribution < 1.29 is 38.4 Å². The zero-order valence-corrected chi connectivity index (χ0v) is 19.7. The minimum absolute atomic E-state index is 0.0655. The number of aliphatic hydroxyl groups excluding tert-OH is 2. The second-order valence-electron chi connectivity index (χ2n) is 7.93. The molecular formula is C20H23ClFN4O7P. The summed E-state index contributed by atoms with van der Waals surface area (Å²) in [7, 11) is -3.89. The predicted molar refractivity (Wildman–Crippen MR) is 120 cm³/mol. The third-order valence-corrected chi connectivity index (χ3v) is 5.85. The summed E-state index contributed by atoms with van der Waals surface area (Å²) < 4.78 is 36.0. The van der Waals surface area contributed by atoms with E-state index in [9.17, 15) is 19.2 Å². The van der Waals surface area contributed by atoms with Gasteiger partial charge in [-0.3, -0.25) is 4.57 Å². The van der Waals surface area contributed by atoms with Crippen molar-refractivity contribution in [3.8, 4) is 0 Å². The van der Waals surface area contributed by atoms with Crippen LogP contribution < -0.4 is 5.32 Å². The molecule has 11 nitrogen and oxygen atoms in total. The molecule has 0 bridgehead atoms. The lowest BCUT2D eigenvalue weighted by Crippen LogP contribution is -2.33. The Morgan fingerprint density at radius 1 is 1.26 bits per heavy atom. The van der Waals surface area contributed by atoms with Crippen molar-refractivity contribution in [2.24, 2.45) is 0 Å². The molecule has 0 radical (unpaired) electrons. The number of aliphatic hydroxyl groups is 2. The van der Waals surface area contributed by atoms with E-state index in [0.29, 0.717) is 16.9 Å². The number of hydrogen-bond donors (Lipinski definition) is 4. The molecule has 0 saturated carbocycles. The number of rotatable bonds is 8. The van der Waals surface area contributed by atoms with Gasteiger partial charge in [-0.1, -0.05) is 12.1 Å². The molecular weight excluding hydrogens is 494 g/mol. The Hall–Kier alpha value is -2.15. The van der Waals surface area contributed by atoms with E-state index in [1.807, 2.05) is 6.92 Å². The molecule has 0 spiro atoms. The standard InChI is InChI=1S/C20H23ClFN4O7P/c1-10(11-3-5-12(22)6-4-11)23-17-13-7-8-26(18(13)25-20(21)24-17)19-16(28)15(27)14(32-19)9-31-33-34(2,29)30/h3-8,10,14-16,19,27-28H,9H2,1-2H3,(H,29,30)(H,23,24,25)/t10?,14-,15-,16-,19-/m1/s1. The van der Waals surface area contributed by atoms with Gasteiger partial charge < -0.3 is 29.7 Å². The number of fused-ring (bicyclic) bond motifs is 1. The average Bonchev–Trinajstić information content (AvgIpc) is 3.29. The van der Waals surface area contributed by atoms with Crippen LogP contribution in [-0.4, -0.2) is 61.2 Å². The molecule has 4 N–H and O–H groups in total. The number of anilines is 1. The molecule has 6 atom stereocenters. The fourth-order valence-electron chi connectivity index (χ4n) is 3.65. The van der Waals surface area contributed by atoms with E-state index in [0.717, 1.165) is 12.2 Å². The largest absolute Gasteiger partial charge is 0.387 e. The number of benzene rings is 1. The molecule has 3 heterocycles. The van der Waals surface area contributed by atoms with Crippen LogP contribution in [-0.2, 0) is 18.9 Å². The molecule has 1 aliphatic heterocycles. The Bertz CT molecular complexity index is 1210. The lowest BCUT2D eigenvalue weighted by Gasteiger charge is -2.19. The number of nitrogens with one attached hydrogen (secondary N) is 1. The molecule has 0 amide bonds. The highest BCUT2D eigenvalue weighted by Crippen LogP contribution is 2.38. The zero-order chi connectivity index (χ0) is 24.6. The van der Waals surface area contributed by atoms with Crippen molar-refractivity contribution in [2.45, 2.75) is 37.5 Å². The topological polar surface area (TPSA) is 148 Å². The average molecular weight is 517 g/mol. The first kappa shape index (κ1) is 25.0. The Morgan fingerprint density at radius 2 is 1.97 bits per heavy atom. The Kier molecular flexibility index (Phi) is 7.22. The third-order valence-electron chi connectivity index (χ3n) is 5.30. The summed E-state index contributed by atoms with van der Waals surface area (Å²) >= 11 is 6.15. The van der Waals surface area contributed by atoms with Gasteiger partial charge in [0.15, 0.2) is 6.23 Å². The van der Waals surface area contributed by atoms with E-state index >= 15 is 0 Å². The minimum Gasteiger partial charge on any atom is -0.387 e. The van der Waals surface area contributed by atoms with Crippen LogP contribution in [0.3, 0.4) is 0 Å². The quantitative estimate of drug-likeness (QED) is 0.152. The van der Waals surface area contributed by atoms with E-state index < -0.39 is 38.7 Å². The summed E-state index contributed by atoms with van der Waals surface area (Å²) in [5.41, 5.74) is 1.15. The summed E-state index contributed by atoms with van der Waals surface area (Å²) in [6.07, 6.45) is -3.24. The van der Waals surface area contributed by atoms with Gasteiger partial charge in [0.25, 0.3) is 0 Å². The summed E-state index contributed by atoms with van der Waals surface area (Å²) in [6.45, 7) is 2.42. The van der Waals surface area contributed by atoms with E-state index in [4.69, 9.17) is 21.2 Å². The molecule has 2 unspecified atom stereocenters. The van der Waals surface area contributed by atoms with E-state index in [1.165, 1.54) is 16.7 Å². The van der Waals surface area contributed by atoms with Crippen molar-refractivity contribution in [2.75, 3.05) is 18.6 Å². The Morgan fingerprint density at radius 3 is 2.65 bits per heavy atom. The molecule has 1 aromatic carbocycles. The molecule has 4 rings (SSSR count). The number of ether oxygens (including phenoxy) is 1. The van der Waals surface area contributed by atoms with Crippen LogP contribution in [0.15, 0.2) is 36.5 Å². The maximum Gasteiger partial charge on any atom is 0.352 e. The van der Waals surface area contributed by atoms with E-state index in [1.54, 1.807) is 24.4 Å². The van der Waals surface area contributed by atoms with Crippen LogP contribution in [0.5, 0.6) is 0 Å². The third kappa shape index (κ3) is 5.40. The number of nitrogens with zero attached hydrogens (tertiary/aromatic N) is 3. The van der Waals surface area contributed by atoms with Gasteiger partial charge in [-0.2, -0.15) is 4.98 Å². The lowest BCUT2D eigenvalue weighted by atomic mass is 10.1. The van der Waals surface area contributed by atoms with Gasteiger partial charge in [-0.25, -0.2) is 14.3 Å². The van der Waals surface area contributed by atoms with Gasteiger partial charge in [0.1, 0.15) is 42.2 Å². The molecule has 1 saturated heterocycles. The first-order valence-electron chi connectivity index (χ1n) is 10.2. The molecule has 1 fully saturated rings. The summed E-state index contributed by atoms with van der Waals surface area (Å²) in [4.78, 5) is 22.3. The number of hydrogen-bond acceptors (Lipinski definition) is 9. The summed E-state index contributed by atoms with van der Waals surface area (Å²) in [6, 6.07) is 7.49.